The minimum absolute atomic E-state index is 0.335. The molecule has 0 aromatic rings. The zero-order valence-corrected chi connectivity index (χ0v) is 6.46. The summed E-state index contributed by atoms with van der Waals surface area (Å²) in [7, 11) is 0. The van der Waals surface area contributed by atoms with Crippen molar-refractivity contribution in [2.45, 2.75) is 30.5 Å². The highest BCUT2D eigenvalue weighted by atomic mass is 16.4. The second-order valence-electron chi connectivity index (χ2n) is 2.95. The maximum Gasteiger partial charge on any atom is 0.111 e. The molecular formula is C6H14N2O4. The molecule has 72 valence electrons. The molecule has 1 heterocycles. The summed E-state index contributed by atoms with van der Waals surface area (Å²) in [4.78, 5) is 0. The van der Waals surface area contributed by atoms with Gasteiger partial charge in [0.1, 0.15) is 18.3 Å². The number of aliphatic hydroxyl groups excluding tert-OH is 4. The minimum Gasteiger partial charge on any atom is -0.395 e. The van der Waals surface area contributed by atoms with Crippen molar-refractivity contribution >= 4 is 0 Å². The highest BCUT2D eigenvalue weighted by molar-refractivity contribution is 4.95. The molecule has 6 heteroatoms. The predicted octanol–water partition coefficient (Wildman–Crippen LogP) is -3.68. The first-order chi connectivity index (χ1) is 5.57. The highest BCUT2D eigenvalue weighted by Crippen LogP contribution is 2.12. The molecule has 5 atom stereocenters. The molecule has 0 amide bonds. The van der Waals surface area contributed by atoms with E-state index in [0.717, 1.165) is 0 Å². The molecule has 0 bridgehead atoms. The fraction of sp³-hybridized carbons (Fsp3) is 1.00. The number of piperidine rings is 1. The van der Waals surface area contributed by atoms with Gasteiger partial charge in [-0.15, -0.1) is 0 Å². The summed E-state index contributed by atoms with van der Waals surface area (Å²) in [5.41, 5.74) is 5.35. The SMILES string of the molecule is NC1NC(CO)C(O)C(O)C1O. The molecule has 1 aliphatic heterocycles. The van der Waals surface area contributed by atoms with Crippen LogP contribution in [-0.4, -0.2) is 57.6 Å². The molecule has 0 radical (unpaired) electrons. The topological polar surface area (TPSA) is 119 Å². The standard InChI is InChI=1S/C6H14N2O4/c7-6-5(12)4(11)3(10)2(1-9)8-6/h2-6,8-12H,1,7H2. The Hall–Kier alpha value is -0.240. The first-order valence-electron chi connectivity index (χ1n) is 3.74. The van der Waals surface area contributed by atoms with Gasteiger partial charge in [-0.2, -0.15) is 0 Å². The average Bonchev–Trinajstić information content (AvgIpc) is 2.08. The van der Waals surface area contributed by atoms with Crippen LogP contribution in [0.3, 0.4) is 0 Å². The fourth-order valence-electron chi connectivity index (χ4n) is 1.26. The minimum atomic E-state index is -1.31. The Morgan fingerprint density at radius 3 is 2.17 bits per heavy atom. The van der Waals surface area contributed by atoms with Crippen LogP contribution in [0.5, 0.6) is 0 Å². The Morgan fingerprint density at radius 1 is 1.08 bits per heavy atom. The van der Waals surface area contributed by atoms with Gasteiger partial charge in [-0.25, -0.2) is 0 Å². The first-order valence-corrected chi connectivity index (χ1v) is 3.74. The smallest absolute Gasteiger partial charge is 0.111 e. The molecule has 5 unspecified atom stereocenters. The van der Waals surface area contributed by atoms with E-state index in [1.807, 2.05) is 0 Å². The molecule has 1 fully saturated rings. The van der Waals surface area contributed by atoms with E-state index in [4.69, 9.17) is 15.9 Å². The van der Waals surface area contributed by atoms with Crippen LogP contribution >= 0.6 is 0 Å². The van der Waals surface area contributed by atoms with Gasteiger partial charge in [0.05, 0.1) is 18.8 Å². The van der Waals surface area contributed by atoms with Crippen LogP contribution in [0.4, 0.5) is 0 Å². The molecule has 0 spiro atoms. The van der Waals surface area contributed by atoms with Crippen LogP contribution in [0.25, 0.3) is 0 Å². The highest BCUT2D eigenvalue weighted by Gasteiger charge is 2.40. The van der Waals surface area contributed by atoms with Crippen molar-refractivity contribution in [2.75, 3.05) is 6.61 Å². The maximum absolute atomic E-state index is 9.24. The molecule has 6 nitrogen and oxygen atoms in total. The van der Waals surface area contributed by atoms with Crippen molar-refractivity contribution in [2.24, 2.45) is 5.73 Å². The Morgan fingerprint density at radius 2 is 1.67 bits per heavy atom. The molecule has 0 aromatic heterocycles. The number of hydrogen-bond acceptors (Lipinski definition) is 6. The van der Waals surface area contributed by atoms with Gasteiger partial charge in [0.15, 0.2) is 0 Å². The largest absolute Gasteiger partial charge is 0.395 e. The number of nitrogens with one attached hydrogen (secondary N) is 1. The Kier molecular flexibility index (Phi) is 2.99. The number of rotatable bonds is 1. The Balaban J connectivity index is 2.63. The lowest BCUT2D eigenvalue weighted by atomic mass is 9.94. The summed E-state index contributed by atoms with van der Waals surface area (Å²) in [5, 5.41) is 38.9. The van der Waals surface area contributed by atoms with Crippen molar-refractivity contribution in [3.63, 3.8) is 0 Å². The van der Waals surface area contributed by atoms with Crippen molar-refractivity contribution in [1.29, 1.82) is 0 Å². The second kappa shape index (κ2) is 3.65. The molecule has 0 aliphatic carbocycles. The summed E-state index contributed by atoms with van der Waals surface area (Å²) < 4.78 is 0. The lowest BCUT2D eigenvalue weighted by Crippen LogP contribution is -2.68. The summed E-state index contributed by atoms with van der Waals surface area (Å²) >= 11 is 0. The van der Waals surface area contributed by atoms with E-state index in [0.29, 0.717) is 0 Å². The number of hydrogen-bond donors (Lipinski definition) is 6. The summed E-state index contributed by atoms with van der Waals surface area (Å²) in [6.45, 7) is -0.335. The molecule has 0 aromatic carbocycles. The van der Waals surface area contributed by atoms with E-state index in [9.17, 15) is 10.2 Å². The molecule has 1 aliphatic rings. The van der Waals surface area contributed by atoms with Gasteiger partial charge in [-0.1, -0.05) is 0 Å². The van der Waals surface area contributed by atoms with E-state index in [1.165, 1.54) is 0 Å². The molecule has 1 saturated heterocycles. The van der Waals surface area contributed by atoms with Crippen molar-refractivity contribution in [1.82, 2.24) is 5.32 Å². The molecule has 0 saturated carbocycles. The molecular weight excluding hydrogens is 164 g/mol. The van der Waals surface area contributed by atoms with Gasteiger partial charge in [-0.3, -0.25) is 5.32 Å². The lowest BCUT2D eigenvalue weighted by Gasteiger charge is -2.39. The van der Waals surface area contributed by atoms with E-state index in [-0.39, 0.29) is 6.61 Å². The zero-order valence-electron chi connectivity index (χ0n) is 6.46. The normalized spacial score (nSPS) is 49.2. The Bertz CT molecular complexity index is 152. The molecule has 12 heavy (non-hydrogen) atoms. The maximum atomic E-state index is 9.24. The van der Waals surface area contributed by atoms with Crippen LogP contribution in [0, 0.1) is 0 Å². The third-order valence-electron chi connectivity index (χ3n) is 2.08. The van der Waals surface area contributed by atoms with Gasteiger partial charge in [0.25, 0.3) is 0 Å². The van der Waals surface area contributed by atoms with Crippen LogP contribution in [-0.2, 0) is 0 Å². The quantitative estimate of drug-likeness (QED) is 0.246. The van der Waals surface area contributed by atoms with Gasteiger partial charge >= 0.3 is 0 Å². The van der Waals surface area contributed by atoms with Crippen molar-refractivity contribution < 1.29 is 20.4 Å². The van der Waals surface area contributed by atoms with Crippen LogP contribution in [0.15, 0.2) is 0 Å². The van der Waals surface area contributed by atoms with E-state index < -0.39 is 30.5 Å². The van der Waals surface area contributed by atoms with Gasteiger partial charge < -0.3 is 26.2 Å². The van der Waals surface area contributed by atoms with Crippen LogP contribution in [0.2, 0.25) is 0 Å². The van der Waals surface area contributed by atoms with Crippen LogP contribution in [0.1, 0.15) is 0 Å². The van der Waals surface area contributed by atoms with Crippen LogP contribution < -0.4 is 11.1 Å². The number of aliphatic hydroxyl groups is 4. The van der Waals surface area contributed by atoms with Crippen molar-refractivity contribution in [3.8, 4) is 0 Å². The van der Waals surface area contributed by atoms with Gasteiger partial charge in [-0.05, 0) is 0 Å². The van der Waals surface area contributed by atoms with Gasteiger partial charge in [0.2, 0.25) is 0 Å². The second-order valence-corrected chi connectivity index (χ2v) is 2.95. The molecule has 1 rings (SSSR count). The summed E-state index contributed by atoms with van der Waals surface area (Å²) in [6.07, 6.45) is -4.52. The zero-order chi connectivity index (χ0) is 9.30. The summed E-state index contributed by atoms with van der Waals surface area (Å²) in [5.74, 6) is 0. The monoisotopic (exact) mass is 178 g/mol. The Labute approximate surface area is 69.6 Å². The van der Waals surface area contributed by atoms with E-state index >= 15 is 0 Å². The van der Waals surface area contributed by atoms with Gasteiger partial charge in [0, 0.05) is 0 Å². The fourth-order valence-corrected chi connectivity index (χ4v) is 1.26. The summed E-state index contributed by atoms with van der Waals surface area (Å²) in [6, 6.07) is -0.682. The third kappa shape index (κ3) is 1.58. The van der Waals surface area contributed by atoms with Crippen molar-refractivity contribution in [3.05, 3.63) is 0 Å². The van der Waals surface area contributed by atoms with E-state index in [2.05, 4.69) is 5.32 Å². The predicted molar refractivity (Wildman–Crippen MR) is 40.0 cm³/mol. The first kappa shape index (κ1) is 9.85. The average molecular weight is 178 g/mol. The van der Waals surface area contributed by atoms with E-state index in [1.54, 1.807) is 0 Å². The molecule has 7 N–H and O–H groups in total. The number of nitrogens with two attached hydrogens (primary N) is 1. The lowest BCUT2D eigenvalue weighted by molar-refractivity contribution is -0.118. The third-order valence-corrected chi connectivity index (χ3v) is 2.08.